The van der Waals surface area contributed by atoms with Crippen LogP contribution in [0.15, 0.2) is 23.1 Å². The molecule has 2 fully saturated rings. The predicted octanol–water partition coefficient (Wildman–Crippen LogP) is 1.87. The lowest BCUT2D eigenvalue weighted by molar-refractivity contribution is -0.122. The maximum Gasteiger partial charge on any atom is 0.240 e. The normalized spacial score (nSPS) is 18.6. The highest BCUT2D eigenvalue weighted by molar-refractivity contribution is 7.89. The van der Waals surface area contributed by atoms with Crippen molar-refractivity contribution in [1.29, 1.82) is 0 Å². The Morgan fingerprint density at radius 1 is 1.23 bits per heavy atom. The van der Waals surface area contributed by atoms with Crippen molar-refractivity contribution in [3.8, 4) is 5.75 Å². The minimum Gasteiger partial charge on any atom is -0.495 e. The van der Waals surface area contributed by atoms with Crippen molar-refractivity contribution in [3.63, 3.8) is 0 Å². The van der Waals surface area contributed by atoms with E-state index in [1.165, 1.54) is 19.2 Å². The van der Waals surface area contributed by atoms with Crippen molar-refractivity contribution in [2.24, 2.45) is 5.92 Å². The second-order valence-electron chi connectivity index (χ2n) is 5.87. The maximum atomic E-state index is 12.3. The molecule has 7 heteroatoms. The minimum absolute atomic E-state index is 0.0227. The number of amides is 1. The highest BCUT2D eigenvalue weighted by atomic mass is 32.2. The first-order chi connectivity index (χ1) is 10.5. The lowest BCUT2D eigenvalue weighted by Crippen LogP contribution is -2.29. The Hall–Kier alpha value is -1.60. The van der Waals surface area contributed by atoms with Crippen LogP contribution in [0, 0.1) is 5.92 Å². The number of sulfonamides is 1. The molecule has 120 valence electrons. The Morgan fingerprint density at radius 3 is 2.50 bits per heavy atom. The Labute approximate surface area is 130 Å². The summed E-state index contributed by atoms with van der Waals surface area (Å²) in [6, 6.07) is 4.56. The van der Waals surface area contributed by atoms with E-state index in [0.29, 0.717) is 11.4 Å². The van der Waals surface area contributed by atoms with Crippen LogP contribution in [0.4, 0.5) is 5.69 Å². The standard InChI is InChI=1S/C15H20N2O4S/c1-21-14-8-7-12(22(19,20)17-11-5-6-11)9-13(14)16-15(18)10-3-2-4-10/h7-11,17H,2-6H2,1H3,(H,16,18). The Morgan fingerprint density at radius 2 is 1.95 bits per heavy atom. The molecule has 0 heterocycles. The van der Waals surface area contributed by atoms with Gasteiger partial charge in [0.2, 0.25) is 15.9 Å². The molecular weight excluding hydrogens is 304 g/mol. The third kappa shape index (κ3) is 3.25. The van der Waals surface area contributed by atoms with Gasteiger partial charge >= 0.3 is 0 Å². The number of hydrogen-bond acceptors (Lipinski definition) is 4. The summed E-state index contributed by atoms with van der Waals surface area (Å²) < 4.78 is 32.4. The average Bonchev–Trinajstić information content (AvgIpc) is 3.19. The SMILES string of the molecule is COc1ccc(S(=O)(=O)NC2CC2)cc1NC(=O)C1CCC1. The Balaban J connectivity index is 1.83. The van der Waals surface area contributed by atoms with Crippen LogP contribution in [0.1, 0.15) is 32.1 Å². The van der Waals surface area contributed by atoms with E-state index in [9.17, 15) is 13.2 Å². The van der Waals surface area contributed by atoms with Gasteiger partial charge in [0, 0.05) is 12.0 Å². The molecule has 0 saturated heterocycles. The van der Waals surface area contributed by atoms with Crippen LogP contribution in [0.5, 0.6) is 5.75 Å². The smallest absolute Gasteiger partial charge is 0.240 e. The summed E-state index contributed by atoms with van der Waals surface area (Å²) in [6.45, 7) is 0. The van der Waals surface area contributed by atoms with E-state index in [-0.39, 0.29) is 22.8 Å². The molecule has 0 radical (unpaired) electrons. The van der Waals surface area contributed by atoms with Crippen molar-refractivity contribution < 1.29 is 17.9 Å². The molecule has 1 aromatic rings. The fourth-order valence-corrected chi connectivity index (χ4v) is 3.68. The molecule has 6 nitrogen and oxygen atoms in total. The van der Waals surface area contributed by atoms with Gasteiger partial charge < -0.3 is 10.1 Å². The minimum atomic E-state index is -3.55. The van der Waals surface area contributed by atoms with Gasteiger partial charge in [-0.1, -0.05) is 6.42 Å². The largest absolute Gasteiger partial charge is 0.495 e. The summed E-state index contributed by atoms with van der Waals surface area (Å²) in [7, 11) is -2.06. The highest BCUT2D eigenvalue weighted by Gasteiger charge is 2.29. The van der Waals surface area contributed by atoms with Gasteiger partial charge in [0.05, 0.1) is 17.7 Å². The van der Waals surface area contributed by atoms with Crippen LogP contribution in [-0.2, 0) is 14.8 Å². The van der Waals surface area contributed by atoms with Crippen molar-refractivity contribution in [1.82, 2.24) is 4.72 Å². The molecule has 0 atom stereocenters. The van der Waals surface area contributed by atoms with Gasteiger partial charge in [-0.2, -0.15) is 0 Å². The van der Waals surface area contributed by atoms with Crippen LogP contribution in [0.25, 0.3) is 0 Å². The molecule has 0 aliphatic heterocycles. The van der Waals surface area contributed by atoms with E-state index in [0.717, 1.165) is 32.1 Å². The van der Waals surface area contributed by atoms with Crippen LogP contribution in [0.2, 0.25) is 0 Å². The van der Waals surface area contributed by atoms with E-state index in [1.807, 2.05) is 0 Å². The summed E-state index contributed by atoms with van der Waals surface area (Å²) >= 11 is 0. The molecule has 22 heavy (non-hydrogen) atoms. The lowest BCUT2D eigenvalue weighted by atomic mass is 9.85. The van der Waals surface area contributed by atoms with Crippen LogP contribution < -0.4 is 14.8 Å². The summed E-state index contributed by atoms with van der Waals surface area (Å²) in [5.41, 5.74) is 0.401. The Kier molecular flexibility index (Phi) is 4.10. The second kappa shape index (κ2) is 5.89. The fraction of sp³-hybridized carbons (Fsp3) is 0.533. The van der Waals surface area contributed by atoms with E-state index < -0.39 is 10.0 Å². The average molecular weight is 324 g/mol. The summed E-state index contributed by atoms with van der Waals surface area (Å²) in [5, 5.41) is 2.79. The third-order valence-corrected chi connectivity index (χ3v) is 5.63. The first kappa shape index (κ1) is 15.3. The number of methoxy groups -OCH3 is 1. The van der Waals surface area contributed by atoms with Gasteiger partial charge in [-0.25, -0.2) is 13.1 Å². The number of benzene rings is 1. The number of nitrogens with one attached hydrogen (secondary N) is 2. The van der Waals surface area contributed by atoms with Gasteiger partial charge in [0.15, 0.2) is 0 Å². The topological polar surface area (TPSA) is 84.5 Å². The zero-order chi connectivity index (χ0) is 15.7. The number of hydrogen-bond donors (Lipinski definition) is 2. The first-order valence-corrected chi connectivity index (χ1v) is 8.99. The molecule has 2 saturated carbocycles. The summed E-state index contributed by atoms with van der Waals surface area (Å²) in [4.78, 5) is 12.2. The first-order valence-electron chi connectivity index (χ1n) is 7.51. The van der Waals surface area contributed by atoms with Crippen LogP contribution >= 0.6 is 0 Å². The van der Waals surface area contributed by atoms with E-state index in [1.54, 1.807) is 6.07 Å². The number of anilines is 1. The molecule has 2 aliphatic rings. The van der Waals surface area contributed by atoms with Crippen molar-refractivity contribution in [3.05, 3.63) is 18.2 Å². The quantitative estimate of drug-likeness (QED) is 0.837. The number of rotatable bonds is 6. The molecule has 1 aromatic carbocycles. The predicted molar refractivity (Wildman–Crippen MR) is 82.3 cm³/mol. The van der Waals surface area contributed by atoms with Gasteiger partial charge in [-0.15, -0.1) is 0 Å². The number of carbonyl (C=O) groups is 1. The molecule has 0 unspecified atom stereocenters. The monoisotopic (exact) mass is 324 g/mol. The maximum absolute atomic E-state index is 12.3. The molecule has 0 spiro atoms. The lowest BCUT2D eigenvalue weighted by Gasteiger charge is -2.24. The van der Waals surface area contributed by atoms with Crippen molar-refractivity contribution >= 4 is 21.6 Å². The fourth-order valence-electron chi connectivity index (χ4n) is 2.35. The van der Waals surface area contributed by atoms with Gasteiger partial charge in [0.25, 0.3) is 0 Å². The van der Waals surface area contributed by atoms with E-state index in [4.69, 9.17) is 4.74 Å². The van der Waals surface area contributed by atoms with Crippen LogP contribution in [0.3, 0.4) is 0 Å². The van der Waals surface area contributed by atoms with Crippen molar-refractivity contribution in [2.45, 2.75) is 43.0 Å². The summed E-state index contributed by atoms with van der Waals surface area (Å²) in [5.74, 6) is 0.404. The van der Waals surface area contributed by atoms with Gasteiger partial charge in [-0.05, 0) is 43.9 Å². The zero-order valence-corrected chi connectivity index (χ0v) is 13.3. The molecule has 0 aromatic heterocycles. The number of carbonyl (C=O) groups excluding carboxylic acids is 1. The van der Waals surface area contributed by atoms with E-state index in [2.05, 4.69) is 10.0 Å². The highest BCUT2D eigenvalue weighted by Crippen LogP contribution is 2.32. The summed E-state index contributed by atoms with van der Waals surface area (Å²) in [6.07, 6.45) is 4.58. The van der Waals surface area contributed by atoms with Crippen molar-refractivity contribution in [2.75, 3.05) is 12.4 Å². The molecular formula is C15H20N2O4S. The Bertz CT molecular complexity index is 679. The zero-order valence-electron chi connectivity index (χ0n) is 12.5. The van der Waals surface area contributed by atoms with Crippen LogP contribution in [-0.4, -0.2) is 27.5 Å². The van der Waals surface area contributed by atoms with Gasteiger partial charge in [0.1, 0.15) is 5.75 Å². The number of ether oxygens (including phenoxy) is 1. The molecule has 0 bridgehead atoms. The molecule has 1 amide bonds. The molecule has 3 rings (SSSR count). The van der Waals surface area contributed by atoms with E-state index >= 15 is 0 Å². The molecule has 2 aliphatic carbocycles. The second-order valence-corrected chi connectivity index (χ2v) is 7.59. The van der Waals surface area contributed by atoms with Gasteiger partial charge in [-0.3, -0.25) is 4.79 Å². The molecule has 2 N–H and O–H groups in total. The third-order valence-electron chi connectivity index (χ3n) is 4.11.